The topological polar surface area (TPSA) is 52.6 Å². The number of carbonyl (C=O) groups excluding carboxylic acids is 2. The SMILES string of the molecule is CCOC(=O)CC(CC(=O)OC)C(F)(F)F. The first kappa shape index (κ1) is 14.7. The molecule has 0 aromatic rings. The number of ether oxygens (including phenoxy) is 2. The van der Waals surface area contributed by atoms with E-state index in [-0.39, 0.29) is 6.61 Å². The summed E-state index contributed by atoms with van der Waals surface area (Å²) >= 11 is 0. The molecule has 0 aromatic carbocycles. The molecule has 0 aliphatic heterocycles. The fraction of sp³-hybridized carbons (Fsp3) is 0.778. The molecule has 0 rings (SSSR count). The molecular formula is C9H13F3O4. The van der Waals surface area contributed by atoms with Gasteiger partial charge in [-0.3, -0.25) is 9.59 Å². The number of methoxy groups -OCH3 is 1. The van der Waals surface area contributed by atoms with Gasteiger partial charge in [-0.1, -0.05) is 0 Å². The maximum Gasteiger partial charge on any atom is 0.392 e. The summed E-state index contributed by atoms with van der Waals surface area (Å²) in [6.45, 7) is 1.49. The van der Waals surface area contributed by atoms with Gasteiger partial charge in [-0.2, -0.15) is 13.2 Å². The van der Waals surface area contributed by atoms with Crippen LogP contribution in [-0.2, 0) is 19.1 Å². The third-order valence-corrected chi connectivity index (χ3v) is 1.82. The highest BCUT2D eigenvalue weighted by atomic mass is 19.4. The van der Waals surface area contributed by atoms with Crippen molar-refractivity contribution < 1.29 is 32.2 Å². The van der Waals surface area contributed by atoms with Gasteiger partial charge in [0.25, 0.3) is 0 Å². The van der Waals surface area contributed by atoms with Crippen LogP contribution in [0.3, 0.4) is 0 Å². The first-order valence-electron chi connectivity index (χ1n) is 4.60. The van der Waals surface area contributed by atoms with E-state index in [9.17, 15) is 22.8 Å². The molecule has 0 amide bonds. The molecule has 0 saturated heterocycles. The highest BCUT2D eigenvalue weighted by molar-refractivity contribution is 5.73. The standard InChI is InChI=1S/C9H13F3O4/c1-3-16-8(14)5-6(9(10,11)12)4-7(13)15-2/h6H,3-5H2,1-2H3. The van der Waals surface area contributed by atoms with Crippen molar-refractivity contribution in [1.29, 1.82) is 0 Å². The molecule has 0 aliphatic rings. The maximum atomic E-state index is 12.4. The van der Waals surface area contributed by atoms with Crippen LogP contribution in [0.25, 0.3) is 0 Å². The Hall–Kier alpha value is -1.27. The van der Waals surface area contributed by atoms with Gasteiger partial charge in [0, 0.05) is 0 Å². The molecule has 0 heterocycles. The van der Waals surface area contributed by atoms with Gasteiger partial charge in [-0.25, -0.2) is 0 Å². The zero-order valence-electron chi connectivity index (χ0n) is 8.97. The predicted octanol–water partition coefficient (Wildman–Crippen LogP) is 1.68. The van der Waals surface area contributed by atoms with Crippen LogP contribution in [0, 0.1) is 5.92 Å². The molecule has 0 aliphatic carbocycles. The van der Waals surface area contributed by atoms with E-state index in [1.54, 1.807) is 0 Å². The highest BCUT2D eigenvalue weighted by Gasteiger charge is 2.42. The average Bonchev–Trinajstić information content (AvgIpc) is 2.15. The van der Waals surface area contributed by atoms with E-state index in [0.717, 1.165) is 7.11 Å². The molecule has 0 N–H and O–H groups in total. The van der Waals surface area contributed by atoms with E-state index in [4.69, 9.17) is 0 Å². The van der Waals surface area contributed by atoms with Crippen molar-refractivity contribution in [3.05, 3.63) is 0 Å². The van der Waals surface area contributed by atoms with Gasteiger partial charge in [0.15, 0.2) is 0 Å². The second kappa shape index (κ2) is 6.34. The van der Waals surface area contributed by atoms with E-state index in [1.807, 2.05) is 0 Å². The van der Waals surface area contributed by atoms with Crippen LogP contribution in [0.5, 0.6) is 0 Å². The maximum absolute atomic E-state index is 12.4. The molecule has 16 heavy (non-hydrogen) atoms. The summed E-state index contributed by atoms with van der Waals surface area (Å²) in [6.07, 6.45) is -6.37. The molecule has 1 unspecified atom stereocenters. The number of rotatable bonds is 5. The van der Waals surface area contributed by atoms with E-state index < -0.39 is 36.9 Å². The van der Waals surface area contributed by atoms with Crippen LogP contribution < -0.4 is 0 Å². The summed E-state index contributed by atoms with van der Waals surface area (Å²) < 4.78 is 45.7. The molecule has 7 heteroatoms. The fourth-order valence-corrected chi connectivity index (χ4v) is 1.01. The predicted molar refractivity (Wildman–Crippen MR) is 47.4 cm³/mol. The minimum atomic E-state index is -4.62. The summed E-state index contributed by atoms with van der Waals surface area (Å²) in [7, 11) is 0.986. The molecular weight excluding hydrogens is 229 g/mol. The Morgan fingerprint density at radius 3 is 2.06 bits per heavy atom. The Kier molecular flexibility index (Phi) is 5.84. The quantitative estimate of drug-likeness (QED) is 0.688. The summed E-state index contributed by atoms with van der Waals surface area (Å²) in [4.78, 5) is 21.6. The number of hydrogen-bond donors (Lipinski definition) is 0. The molecule has 0 bridgehead atoms. The van der Waals surface area contributed by atoms with Crippen molar-refractivity contribution in [3.63, 3.8) is 0 Å². The van der Waals surface area contributed by atoms with Crippen LogP contribution in [-0.4, -0.2) is 31.8 Å². The number of carbonyl (C=O) groups is 2. The number of halogens is 3. The normalized spacial score (nSPS) is 13.1. The Bertz CT molecular complexity index is 250. The van der Waals surface area contributed by atoms with Crippen LogP contribution >= 0.6 is 0 Å². The lowest BCUT2D eigenvalue weighted by Crippen LogP contribution is -2.29. The zero-order chi connectivity index (χ0) is 12.8. The second-order valence-corrected chi connectivity index (χ2v) is 3.03. The van der Waals surface area contributed by atoms with Gasteiger partial charge in [0.2, 0.25) is 0 Å². The van der Waals surface area contributed by atoms with Crippen molar-refractivity contribution in [1.82, 2.24) is 0 Å². The number of hydrogen-bond acceptors (Lipinski definition) is 4. The van der Waals surface area contributed by atoms with Crippen LogP contribution in [0.4, 0.5) is 13.2 Å². The first-order valence-corrected chi connectivity index (χ1v) is 4.60. The second-order valence-electron chi connectivity index (χ2n) is 3.03. The van der Waals surface area contributed by atoms with Crippen LogP contribution in [0.1, 0.15) is 19.8 Å². The lowest BCUT2D eigenvalue weighted by Gasteiger charge is -2.17. The van der Waals surface area contributed by atoms with Gasteiger partial charge in [0.05, 0.1) is 32.5 Å². The smallest absolute Gasteiger partial charge is 0.392 e. The summed E-state index contributed by atoms with van der Waals surface area (Å²) in [6, 6.07) is 0. The monoisotopic (exact) mass is 242 g/mol. The van der Waals surface area contributed by atoms with Gasteiger partial charge in [-0.15, -0.1) is 0 Å². The van der Waals surface area contributed by atoms with Gasteiger partial charge < -0.3 is 9.47 Å². The van der Waals surface area contributed by atoms with Gasteiger partial charge in [0.1, 0.15) is 0 Å². The minimum absolute atomic E-state index is 0.00162. The Balaban J connectivity index is 4.44. The zero-order valence-corrected chi connectivity index (χ0v) is 8.97. The average molecular weight is 242 g/mol. The van der Waals surface area contributed by atoms with Gasteiger partial charge in [-0.05, 0) is 6.92 Å². The third-order valence-electron chi connectivity index (χ3n) is 1.82. The Labute approximate surface area is 90.7 Å². The lowest BCUT2D eigenvalue weighted by atomic mass is 10.0. The van der Waals surface area contributed by atoms with Crippen molar-refractivity contribution in [3.8, 4) is 0 Å². The third kappa shape index (κ3) is 5.57. The number of alkyl halides is 3. The fourth-order valence-electron chi connectivity index (χ4n) is 1.01. The molecule has 0 aromatic heterocycles. The van der Waals surface area contributed by atoms with Gasteiger partial charge >= 0.3 is 18.1 Å². The summed E-state index contributed by atoms with van der Waals surface area (Å²) in [5.74, 6) is -4.04. The summed E-state index contributed by atoms with van der Waals surface area (Å²) in [5, 5.41) is 0. The molecule has 0 radical (unpaired) electrons. The molecule has 0 spiro atoms. The molecule has 0 fully saturated rings. The van der Waals surface area contributed by atoms with Crippen LogP contribution in [0.2, 0.25) is 0 Å². The molecule has 4 nitrogen and oxygen atoms in total. The Morgan fingerprint density at radius 2 is 1.69 bits per heavy atom. The molecule has 1 atom stereocenters. The Morgan fingerprint density at radius 1 is 1.19 bits per heavy atom. The first-order chi connectivity index (χ1) is 7.31. The van der Waals surface area contributed by atoms with E-state index >= 15 is 0 Å². The largest absolute Gasteiger partial charge is 0.469 e. The van der Waals surface area contributed by atoms with Crippen molar-refractivity contribution in [2.75, 3.05) is 13.7 Å². The van der Waals surface area contributed by atoms with Crippen LogP contribution in [0.15, 0.2) is 0 Å². The summed E-state index contributed by atoms with van der Waals surface area (Å²) in [5.41, 5.74) is 0. The van der Waals surface area contributed by atoms with E-state index in [2.05, 4.69) is 9.47 Å². The molecule has 94 valence electrons. The lowest BCUT2D eigenvalue weighted by molar-refractivity contribution is -0.190. The van der Waals surface area contributed by atoms with Crippen molar-refractivity contribution in [2.24, 2.45) is 5.92 Å². The highest BCUT2D eigenvalue weighted by Crippen LogP contribution is 2.32. The van der Waals surface area contributed by atoms with Crippen molar-refractivity contribution in [2.45, 2.75) is 25.9 Å². The number of esters is 2. The van der Waals surface area contributed by atoms with Crippen molar-refractivity contribution >= 4 is 11.9 Å². The molecule has 0 saturated carbocycles. The van der Waals surface area contributed by atoms with E-state index in [0.29, 0.717) is 0 Å². The minimum Gasteiger partial charge on any atom is -0.469 e. The van der Waals surface area contributed by atoms with E-state index in [1.165, 1.54) is 6.92 Å².